The molecule has 2 saturated heterocycles. The lowest BCUT2D eigenvalue weighted by atomic mass is 9.98. The van der Waals surface area contributed by atoms with Crippen LogP contribution in [0.25, 0.3) is 0 Å². The van der Waals surface area contributed by atoms with Crippen LogP contribution in [0.1, 0.15) is 48.1 Å². The van der Waals surface area contributed by atoms with Crippen molar-refractivity contribution in [2.75, 3.05) is 45.4 Å². The first-order valence-corrected chi connectivity index (χ1v) is 12.1. The summed E-state index contributed by atoms with van der Waals surface area (Å²) in [6, 6.07) is 5.79. The van der Waals surface area contributed by atoms with E-state index in [1.807, 2.05) is 18.2 Å². The molecule has 2 aliphatic heterocycles. The molecule has 33 heavy (non-hydrogen) atoms. The number of ether oxygens (including phenoxy) is 3. The highest BCUT2D eigenvalue weighted by Crippen LogP contribution is 2.42. The van der Waals surface area contributed by atoms with E-state index in [4.69, 9.17) is 14.2 Å². The predicted molar refractivity (Wildman–Crippen MR) is 122 cm³/mol. The zero-order valence-corrected chi connectivity index (χ0v) is 19.7. The maximum Gasteiger partial charge on any atom is 0.248 e. The molecule has 0 bridgehead atoms. The Balaban J connectivity index is 1.23. The van der Waals surface area contributed by atoms with E-state index in [9.17, 15) is 9.59 Å². The van der Waals surface area contributed by atoms with E-state index in [-0.39, 0.29) is 30.4 Å². The van der Waals surface area contributed by atoms with Gasteiger partial charge in [0, 0.05) is 38.3 Å². The second kappa shape index (κ2) is 9.26. The molecule has 0 spiro atoms. The van der Waals surface area contributed by atoms with Crippen molar-refractivity contribution >= 4 is 28.3 Å². The fourth-order valence-corrected chi connectivity index (χ4v) is 5.20. The molecule has 3 heterocycles. The smallest absolute Gasteiger partial charge is 0.248 e. The Morgan fingerprint density at radius 1 is 1.24 bits per heavy atom. The third kappa shape index (κ3) is 4.81. The number of benzene rings is 1. The van der Waals surface area contributed by atoms with Gasteiger partial charge in [0.15, 0.2) is 11.5 Å². The molecule has 0 unspecified atom stereocenters. The molecule has 1 aromatic heterocycles. The molecule has 2 aromatic rings. The first-order valence-electron chi connectivity index (χ1n) is 11.3. The third-order valence-electron chi connectivity index (χ3n) is 6.40. The normalized spacial score (nSPS) is 22.6. The number of amides is 2. The van der Waals surface area contributed by atoms with Gasteiger partial charge < -0.3 is 19.1 Å². The fourth-order valence-electron chi connectivity index (χ4n) is 4.21. The molecule has 176 valence electrons. The molecule has 3 aliphatic rings. The zero-order valence-electron chi connectivity index (χ0n) is 18.9. The van der Waals surface area contributed by atoms with E-state index in [2.05, 4.69) is 10.2 Å². The maximum absolute atomic E-state index is 12.8. The van der Waals surface area contributed by atoms with Crippen LogP contribution >= 0.6 is 11.3 Å². The lowest BCUT2D eigenvalue weighted by Crippen LogP contribution is -2.39. The van der Waals surface area contributed by atoms with E-state index in [0.29, 0.717) is 48.7 Å². The second-order valence-electron chi connectivity index (χ2n) is 8.84. The summed E-state index contributed by atoms with van der Waals surface area (Å²) in [6.07, 6.45) is 3.49. The summed E-state index contributed by atoms with van der Waals surface area (Å²) in [6.45, 7) is 1.78. The van der Waals surface area contributed by atoms with E-state index >= 15 is 0 Å². The first-order chi connectivity index (χ1) is 16.0. The monoisotopic (exact) mass is 472 g/mol. The molecule has 1 aliphatic carbocycles. The Bertz CT molecular complexity index is 1030. The van der Waals surface area contributed by atoms with Crippen molar-refractivity contribution in [3.05, 3.63) is 28.8 Å². The number of likely N-dealkylation sites (tertiary alicyclic amines) is 1. The molecule has 0 radical (unpaired) electrons. The van der Waals surface area contributed by atoms with E-state index < -0.39 is 0 Å². The molecule has 9 nitrogen and oxygen atoms in total. The lowest BCUT2D eigenvalue weighted by molar-refractivity contribution is -0.132. The van der Waals surface area contributed by atoms with Gasteiger partial charge in [-0.05, 0) is 30.5 Å². The van der Waals surface area contributed by atoms with Crippen LogP contribution in [0, 0.1) is 0 Å². The Hall–Kier alpha value is -2.72. The third-order valence-corrected chi connectivity index (χ3v) is 7.56. The number of carbonyl (C=O) groups excluding carboxylic acids is 2. The van der Waals surface area contributed by atoms with Gasteiger partial charge in [0.2, 0.25) is 16.9 Å². The zero-order chi connectivity index (χ0) is 22.9. The quantitative estimate of drug-likeness (QED) is 0.583. The van der Waals surface area contributed by atoms with Crippen molar-refractivity contribution in [1.29, 1.82) is 0 Å². The highest BCUT2D eigenvalue weighted by Gasteiger charge is 2.34. The SMILES string of the molecule is COc1ccc([C@@H]2CC(=O)N(CC(=O)N(C)c3nnc(C4CC4)s3)C2)cc1O[C@@H]1CCOC1. The largest absolute Gasteiger partial charge is 0.493 e. The van der Waals surface area contributed by atoms with Crippen molar-refractivity contribution < 1.29 is 23.8 Å². The molecule has 5 rings (SSSR count). The number of methoxy groups -OCH3 is 1. The van der Waals surface area contributed by atoms with E-state index in [0.717, 1.165) is 29.8 Å². The minimum atomic E-state index is -0.164. The molecule has 1 saturated carbocycles. The van der Waals surface area contributed by atoms with Gasteiger partial charge in [-0.3, -0.25) is 14.5 Å². The van der Waals surface area contributed by atoms with Crippen LogP contribution in [0.2, 0.25) is 0 Å². The maximum atomic E-state index is 12.8. The summed E-state index contributed by atoms with van der Waals surface area (Å²) >= 11 is 1.46. The summed E-state index contributed by atoms with van der Waals surface area (Å²) in [5.74, 6) is 1.62. The van der Waals surface area contributed by atoms with Gasteiger partial charge in [-0.25, -0.2) is 0 Å². The number of carbonyl (C=O) groups is 2. The van der Waals surface area contributed by atoms with E-state index in [1.54, 1.807) is 19.1 Å². The van der Waals surface area contributed by atoms with Crippen LogP contribution < -0.4 is 14.4 Å². The summed E-state index contributed by atoms with van der Waals surface area (Å²) in [5.41, 5.74) is 1.000. The molecular formula is C23H28N4O5S. The van der Waals surface area contributed by atoms with Crippen molar-refractivity contribution in [2.45, 2.75) is 43.6 Å². The number of hydrogen-bond acceptors (Lipinski definition) is 8. The van der Waals surface area contributed by atoms with Crippen LogP contribution in [-0.2, 0) is 14.3 Å². The lowest BCUT2D eigenvalue weighted by Gasteiger charge is -2.20. The molecule has 0 N–H and O–H groups in total. The number of anilines is 1. The number of rotatable bonds is 8. The average molecular weight is 473 g/mol. The van der Waals surface area contributed by atoms with Gasteiger partial charge in [-0.15, -0.1) is 10.2 Å². The number of aromatic nitrogens is 2. The summed E-state index contributed by atoms with van der Waals surface area (Å²) in [5, 5.41) is 9.93. The highest BCUT2D eigenvalue weighted by molar-refractivity contribution is 7.15. The fraction of sp³-hybridized carbons (Fsp3) is 0.565. The minimum Gasteiger partial charge on any atom is -0.493 e. The summed E-state index contributed by atoms with van der Waals surface area (Å²) in [4.78, 5) is 28.7. The van der Waals surface area contributed by atoms with Crippen molar-refractivity contribution in [1.82, 2.24) is 15.1 Å². The van der Waals surface area contributed by atoms with Gasteiger partial charge in [-0.1, -0.05) is 17.4 Å². The summed E-state index contributed by atoms with van der Waals surface area (Å²) in [7, 11) is 3.30. The summed E-state index contributed by atoms with van der Waals surface area (Å²) < 4.78 is 17.0. The average Bonchev–Trinajstić information content (AvgIpc) is 3.18. The molecule has 2 atom stereocenters. The molecule has 2 amide bonds. The van der Waals surface area contributed by atoms with Crippen molar-refractivity contribution in [3.63, 3.8) is 0 Å². The molecule has 10 heteroatoms. The van der Waals surface area contributed by atoms with Gasteiger partial charge in [-0.2, -0.15) is 0 Å². The number of likely N-dealkylation sites (N-methyl/N-ethyl adjacent to an activating group) is 1. The number of nitrogens with zero attached hydrogens (tertiary/aromatic N) is 4. The highest BCUT2D eigenvalue weighted by atomic mass is 32.1. The second-order valence-corrected chi connectivity index (χ2v) is 9.83. The Morgan fingerprint density at radius 3 is 2.82 bits per heavy atom. The predicted octanol–water partition coefficient (Wildman–Crippen LogP) is 2.57. The minimum absolute atomic E-state index is 0.00444. The van der Waals surface area contributed by atoms with Gasteiger partial charge >= 0.3 is 0 Å². The molecular weight excluding hydrogens is 444 g/mol. The first kappa shape index (κ1) is 22.1. The van der Waals surface area contributed by atoms with Crippen molar-refractivity contribution in [2.24, 2.45) is 0 Å². The van der Waals surface area contributed by atoms with Gasteiger partial charge in [0.25, 0.3) is 0 Å². The molecule has 1 aromatic carbocycles. The van der Waals surface area contributed by atoms with E-state index in [1.165, 1.54) is 16.2 Å². The molecule has 3 fully saturated rings. The standard InChI is InChI=1S/C23H28N4O5S/c1-26(23-25-24-22(33-23)14-3-4-14)21(29)12-27-11-16(10-20(27)28)15-5-6-18(30-2)19(9-15)32-17-7-8-31-13-17/h5-6,9,14,16-17H,3-4,7-8,10-13H2,1-2H3/t16-,17-/m1/s1. The number of hydrogen-bond donors (Lipinski definition) is 0. The Labute approximate surface area is 196 Å². The van der Waals surface area contributed by atoms with Crippen LogP contribution in [0.15, 0.2) is 18.2 Å². The van der Waals surface area contributed by atoms with Crippen LogP contribution in [0.5, 0.6) is 11.5 Å². The van der Waals surface area contributed by atoms with Crippen LogP contribution in [-0.4, -0.2) is 73.5 Å². The Kier molecular flexibility index (Phi) is 6.20. The van der Waals surface area contributed by atoms with Crippen LogP contribution in [0.4, 0.5) is 5.13 Å². The van der Waals surface area contributed by atoms with Crippen LogP contribution in [0.3, 0.4) is 0 Å². The van der Waals surface area contributed by atoms with Crippen molar-refractivity contribution in [3.8, 4) is 11.5 Å². The van der Waals surface area contributed by atoms with Gasteiger partial charge in [0.05, 0.1) is 20.3 Å². The topological polar surface area (TPSA) is 94.1 Å². The van der Waals surface area contributed by atoms with Gasteiger partial charge in [0.1, 0.15) is 17.7 Å². The Morgan fingerprint density at radius 2 is 2.09 bits per heavy atom.